The summed E-state index contributed by atoms with van der Waals surface area (Å²) in [6, 6.07) is 6.16. The van der Waals surface area contributed by atoms with Crippen LogP contribution in [0.3, 0.4) is 0 Å². The number of aromatic nitrogens is 2. The minimum Gasteiger partial charge on any atom is -0.385 e. The Hall–Kier alpha value is -1.68. The molecule has 0 spiro atoms. The molecule has 2 aromatic rings. The van der Waals surface area contributed by atoms with Crippen molar-refractivity contribution >= 4 is 0 Å². The summed E-state index contributed by atoms with van der Waals surface area (Å²) in [5, 5.41) is 14.4. The number of aryl methyl sites for hydroxylation is 1. The monoisotopic (exact) mass is 234 g/mol. The lowest BCUT2D eigenvalue weighted by atomic mass is 9.91. The van der Waals surface area contributed by atoms with Crippen LogP contribution in [-0.2, 0) is 19.1 Å². The van der Waals surface area contributed by atoms with Gasteiger partial charge in [-0.1, -0.05) is 12.1 Å². The highest BCUT2D eigenvalue weighted by Gasteiger charge is 2.24. The van der Waals surface area contributed by atoms with Crippen LogP contribution in [0.2, 0.25) is 0 Å². The molecular formula is C13H15FN2O. The summed E-state index contributed by atoms with van der Waals surface area (Å²) in [5.74, 6) is -0.269. The van der Waals surface area contributed by atoms with E-state index in [1.54, 1.807) is 43.2 Å². The van der Waals surface area contributed by atoms with E-state index in [9.17, 15) is 9.50 Å². The summed E-state index contributed by atoms with van der Waals surface area (Å²) in [6.45, 7) is 1.73. The topological polar surface area (TPSA) is 38.0 Å². The van der Waals surface area contributed by atoms with Crippen molar-refractivity contribution in [3.8, 4) is 0 Å². The first-order valence-corrected chi connectivity index (χ1v) is 5.43. The van der Waals surface area contributed by atoms with Gasteiger partial charge in [-0.25, -0.2) is 4.39 Å². The van der Waals surface area contributed by atoms with Gasteiger partial charge in [0.25, 0.3) is 0 Å². The van der Waals surface area contributed by atoms with E-state index in [-0.39, 0.29) is 5.82 Å². The van der Waals surface area contributed by atoms with E-state index in [0.717, 1.165) is 11.1 Å². The second kappa shape index (κ2) is 4.30. The zero-order chi connectivity index (χ0) is 12.5. The molecule has 3 nitrogen and oxygen atoms in total. The zero-order valence-electron chi connectivity index (χ0n) is 9.89. The normalized spacial score (nSPS) is 14.6. The van der Waals surface area contributed by atoms with E-state index in [0.29, 0.717) is 6.42 Å². The molecule has 1 unspecified atom stereocenters. The lowest BCUT2D eigenvalue weighted by Gasteiger charge is -2.21. The Morgan fingerprint density at radius 2 is 2.00 bits per heavy atom. The lowest BCUT2D eigenvalue weighted by Crippen LogP contribution is -2.23. The molecule has 0 saturated carbocycles. The maximum Gasteiger partial charge on any atom is 0.123 e. The van der Waals surface area contributed by atoms with Gasteiger partial charge in [0, 0.05) is 25.2 Å². The van der Waals surface area contributed by atoms with Gasteiger partial charge in [-0.3, -0.25) is 4.68 Å². The molecule has 0 aliphatic rings. The Morgan fingerprint density at radius 3 is 2.53 bits per heavy atom. The Labute approximate surface area is 99.5 Å². The van der Waals surface area contributed by atoms with Crippen molar-refractivity contribution in [1.29, 1.82) is 0 Å². The number of nitrogens with zero attached hydrogens (tertiary/aromatic N) is 2. The maximum atomic E-state index is 12.8. The van der Waals surface area contributed by atoms with Crippen molar-refractivity contribution in [2.45, 2.75) is 18.9 Å². The van der Waals surface area contributed by atoms with Crippen molar-refractivity contribution in [2.24, 2.45) is 7.05 Å². The third kappa shape index (κ3) is 2.71. The number of hydrogen-bond acceptors (Lipinski definition) is 2. The van der Waals surface area contributed by atoms with Crippen molar-refractivity contribution in [2.75, 3.05) is 0 Å². The second-order valence-electron chi connectivity index (χ2n) is 4.48. The molecule has 1 heterocycles. The van der Waals surface area contributed by atoms with Gasteiger partial charge in [0.2, 0.25) is 0 Å². The fraction of sp³-hybridized carbons (Fsp3) is 0.308. The van der Waals surface area contributed by atoms with Crippen LogP contribution in [-0.4, -0.2) is 14.9 Å². The molecule has 0 radical (unpaired) electrons. The summed E-state index contributed by atoms with van der Waals surface area (Å²) < 4.78 is 14.4. The minimum absolute atomic E-state index is 0.269. The van der Waals surface area contributed by atoms with E-state index in [4.69, 9.17) is 0 Å². The SMILES string of the molecule is Cn1cc(C(C)(O)Cc2ccc(F)cc2)cn1. The number of rotatable bonds is 3. The highest BCUT2D eigenvalue weighted by Crippen LogP contribution is 2.24. The summed E-state index contributed by atoms with van der Waals surface area (Å²) in [4.78, 5) is 0. The van der Waals surface area contributed by atoms with Gasteiger partial charge in [0.05, 0.1) is 11.8 Å². The predicted molar refractivity (Wildman–Crippen MR) is 62.9 cm³/mol. The van der Waals surface area contributed by atoms with E-state index in [1.807, 2.05) is 0 Å². The first-order valence-electron chi connectivity index (χ1n) is 5.43. The summed E-state index contributed by atoms with van der Waals surface area (Å²) >= 11 is 0. The standard InChI is InChI=1S/C13H15FN2O/c1-13(17,11-8-15-16(2)9-11)7-10-3-5-12(14)6-4-10/h3-6,8-9,17H,7H2,1-2H3. The smallest absolute Gasteiger partial charge is 0.123 e. The number of hydrogen-bond donors (Lipinski definition) is 1. The highest BCUT2D eigenvalue weighted by molar-refractivity contribution is 5.23. The first-order chi connectivity index (χ1) is 7.97. The fourth-order valence-corrected chi connectivity index (χ4v) is 1.80. The van der Waals surface area contributed by atoms with Gasteiger partial charge in [0.15, 0.2) is 0 Å². The van der Waals surface area contributed by atoms with Gasteiger partial charge in [-0.05, 0) is 24.6 Å². The predicted octanol–water partition coefficient (Wildman–Crippen LogP) is 2.01. The van der Waals surface area contributed by atoms with Crippen molar-refractivity contribution in [3.05, 3.63) is 53.6 Å². The third-order valence-corrected chi connectivity index (χ3v) is 2.79. The number of aliphatic hydroxyl groups is 1. The average Bonchev–Trinajstić information content (AvgIpc) is 2.69. The van der Waals surface area contributed by atoms with Crippen LogP contribution < -0.4 is 0 Å². The van der Waals surface area contributed by atoms with E-state index >= 15 is 0 Å². The molecule has 0 aliphatic carbocycles. The molecule has 90 valence electrons. The Balaban J connectivity index is 2.19. The van der Waals surface area contributed by atoms with Crippen LogP contribution >= 0.6 is 0 Å². The average molecular weight is 234 g/mol. The summed E-state index contributed by atoms with van der Waals surface area (Å²) in [5.41, 5.74) is 0.649. The molecule has 0 aliphatic heterocycles. The molecular weight excluding hydrogens is 219 g/mol. The maximum absolute atomic E-state index is 12.8. The largest absolute Gasteiger partial charge is 0.385 e. The van der Waals surface area contributed by atoms with E-state index in [2.05, 4.69) is 5.10 Å². The number of halogens is 1. The van der Waals surface area contributed by atoms with Crippen LogP contribution in [0.1, 0.15) is 18.1 Å². The van der Waals surface area contributed by atoms with Crippen molar-refractivity contribution in [1.82, 2.24) is 9.78 Å². The zero-order valence-corrected chi connectivity index (χ0v) is 9.89. The summed E-state index contributed by atoms with van der Waals surface area (Å²) in [6.07, 6.45) is 3.85. The Kier molecular flexibility index (Phi) is 2.98. The Morgan fingerprint density at radius 1 is 1.35 bits per heavy atom. The lowest BCUT2D eigenvalue weighted by molar-refractivity contribution is 0.0575. The van der Waals surface area contributed by atoms with Crippen molar-refractivity contribution in [3.63, 3.8) is 0 Å². The molecule has 0 bridgehead atoms. The second-order valence-corrected chi connectivity index (χ2v) is 4.48. The highest BCUT2D eigenvalue weighted by atomic mass is 19.1. The van der Waals surface area contributed by atoms with Gasteiger partial charge >= 0.3 is 0 Å². The molecule has 17 heavy (non-hydrogen) atoms. The molecule has 0 fully saturated rings. The van der Waals surface area contributed by atoms with Crippen LogP contribution in [0, 0.1) is 5.82 Å². The van der Waals surface area contributed by atoms with Crippen LogP contribution in [0.15, 0.2) is 36.7 Å². The number of benzene rings is 1. The van der Waals surface area contributed by atoms with Crippen LogP contribution in [0.25, 0.3) is 0 Å². The quantitative estimate of drug-likeness (QED) is 0.882. The summed E-state index contributed by atoms with van der Waals surface area (Å²) in [7, 11) is 1.80. The fourth-order valence-electron chi connectivity index (χ4n) is 1.80. The molecule has 1 N–H and O–H groups in total. The van der Waals surface area contributed by atoms with E-state index < -0.39 is 5.60 Å². The molecule has 1 aromatic carbocycles. The van der Waals surface area contributed by atoms with E-state index in [1.165, 1.54) is 12.1 Å². The van der Waals surface area contributed by atoms with Crippen LogP contribution in [0.5, 0.6) is 0 Å². The van der Waals surface area contributed by atoms with Gasteiger partial charge in [-0.2, -0.15) is 5.10 Å². The molecule has 1 atom stereocenters. The van der Waals surface area contributed by atoms with Gasteiger partial charge in [0.1, 0.15) is 5.82 Å². The van der Waals surface area contributed by atoms with Gasteiger partial charge < -0.3 is 5.11 Å². The first kappa shape index (κ1) is 11.8. The molecule has 4 heteroatoms. The molecule has 0 amide bonds. The minimum atomic E-state index is -0.994. The van der Waals surface area contributed by atoms with Crippen LogP contribution in [0.4, 0.5) is 4.39 Å². The van der Waals surface area contributed by atoms with Gasteiger partial charge in [-0.15, -0.1) is 0 Å². The third-order valence-electron chi connectivity index (χ3n) is 2.79. The molecule has 0 saturated heterocycles. The van der Waals surface area contributed by atoms with Crippen molar-refractivity contribution < 1.29 is 9.50 Å². The molecule has 2 rings (SSSR count). The molecule has 1 aromatic heterocycles. The Bertz CT molecular complexity index is 502.